The van der Waals surface area contributed by atoms with Crippen molar-refractivity contribution >= 4 is 11.6 Å². The largest absolute Gasteiger partial charge is 0.447 e. The van der Waals surface area contributed by atoms with Gasteiger partial charge in [0.15, 0.2) is 6.39 Å². The van der Waals surface area contributed by atoms with Crippen molar-refractivity contribution in [2.45, 2.75) is 25.9 Å². The molecule has 2 aromatic rings. The maximum Gasteiger partial charge on any atom is 0.180 e. The molecule has 1 aromatic heterocycles. The van der Waals surface area contributed by atoms with Crippen molar-refractivity contribution < 1.29 is 4.42 Å². The number of rotatable bonds is 5. The van der Waals surface area contributed by atoms with E-state index in [9.17, 15) is 0 Å². The van der Waals surface area contributed by atoms with Gasteiger partial charge in [0.25, 0.3) is 0 Å². The lowest BCUT2D eigenvalue weighted by atomic mass is 10.0. The molecule has 3 nitrogen and oxygen atoms in total. The number of nitrogens with one attached hydrogen (secondary N) is 1. The number of oxazole rings is 1. The van der Waals surface area contributed by atoms with E-state index in [4.69, 9.17) is 16.0 Å². The molecule has 1 aromatic carbocycles. The van der Waals surface area contributed by atoms with E-state index < -0.39 is 0 Å². The number of nitrogens with zero attached hydrogens (tertiary/aromatic N) is 1. The van der Waals surface area contributed by atoms with E-state index in [0.717, 1.165) is 17.2 Å². The highest BCUT2D eigenvalue weighted by Crippen LogP contribution is 2.19. The Balaban J connectivity index is 1.99. The standard InChI is InChI=1S/C13H15ClN2O/c1-2-13(10-3-5-11(14)6-4-10)16-8-12-7-15-9-17-12/h3-7,9,13,16H,2,8H2,1H3. The molecule has 17 heavy (non-hydrogen) atoms. The second kappa shape index (κ2) is 5.84. The van der Waals surface area contributed by atoms with Crippen LogP contribution in [0.2, 0.25) is 5.02 Å². The third kappa shape index (κ3) is 3.32. The Morgan fingerprint density at radius 2 is 2.12 bits per heavy atom. The molecule has 0 bridgehead atoms. The van der Waals surface area contributed by atoms with Crippen LogP contribution in [0.3, 0.4) is 0 Å². The van der Waals surface area contributed by atoms with Crippen LogP contribution in [0.4, 0.5) is 0 Å². The quantitative estimate of drug-likeness (QED) is 0.882. The average molecular weight is 251 g/mol. The molecule has 1 N–H and O–H groups in total. The molecule has 2 rings (SSSR count). The molecule has 0 aliphatic rings. The summed E-state index contributed by atoms with van der Waals surface area (Å²) < 4.78 is 5.19. The van der Waals surface area contributed by atoms with Crippen LogP contribution >= 0.6 is 11.6 Å². The van der Waals surface area contributed by atoms with Gasteiger partial charge >= 0.3 is 0 Å². The molecule has 90 valence electrons. The van der Waals surface area contributed by atoms with Gasteiger partial charge in [0.2, 0.25) is 0 Å². The fourth-order valence-electron chi connectivity index (χ4n) is 1.75. The van der Waals surface area contributed by atoms with Crippen molar-refractivity contribution in [2.75, 3.05) is 0 Å². The lowest BCUT2D eigenvalue weighted by molar-refractivity contribution is 0.441. The average Bonchev–Trinajstić information content (AvgIpc) is 2.85. The normalized spacial score (nSPS) is 12.6. The highest BCUT2D eigenvalue weighted by Gasteiger charge is 2.09. The third-order valence-electron chi connectivity index (χ3n) is 2.69. The Hall–Kier alpha value is -1.32. The maximum absolute atomic E-state index is 5.87. The van der Waals surface area contributed by atoms with Gasteiger partial charge in [-0.3, -0.25) is 0 Å². The van der Waals surface area contributed by atoms with Crippen LogP contribution in [-0.4, -0.2) is 4.98 Å². The number of halogens is 1. The van der Waals surface area contributed by atoms with Gasteiger partial charge in [0.05, 0.1) is 12.7 Å². The molecule has 0 saturated heterocycles. The van der Waals surface area contributed by atoms with Crippen LogP contribution in [0, 0.1) is 0 Å². The zero-order valence-corrected chi connectivity index (χ0v) is 10.4. The fraction of sp³-hybridized carbons (Fsp3) is 0.308. The summed E-state index contributed by atoms with van der Waals surface area (Å²) in [6.07, 6.45) is 4.18. The fourth-order valence-corrected chi connectivity index (χ4v) is 1.87. The Bertz CT molecular complexity index is 439. The van der Waals surface area contributed by atoms with E-state index in [1.54, 1.807) is 6.20 Å². The Kier molecular flexibility index (Phi) is 4.18. The van der Waals surface area contributed by atoms with Gasteiger partial charge in [-0.1, -0.05) is 30.7 Å². The van der Waals surface area contributed by atoms with Crippen molar-refractivity contribution in [3.05, 3.63) is 53.2 Å². The predicted molar refractivity (Wildman–Crippen MR) is 67.8 cm³/mol. The molecule has 4 heteroatoms. The van der Waals surface area contributed by atoms with E-state index in [0.29, 0.717) is 12.6 Å². The van der Waals surface area contributed by atoms with Crippen molar-refractivity contribution in [2.24, 2.45) is 0 Å². The number of benzene rings is 1. The minimum absolute atomic E-state index is 0.303. The van der Waals surface area contributed by atoms with Gasteiger partial charge < -0.3 is 9.73 Å². The molecule has 0 amide bonds. The van der Waals surface area contributed by atoms with Crippen molar-refractivity contribution in [1.82, 2.24) is 10.3 Å². The van der Waals surface area contributed by atoms with Crippen molar-refractivity contribution in [3.8, 4) is 0 Å². The van der Waals surface area contributed by atoms with Crippen LogP contribution in [0.25, 0.3) is 0 Å². The highest BCUT2D eigenvalue weighted by atomic mass is 35.5. The first kappa shape index (κ1) is 12.1. The Morgan fingerprint density at radius 1 is 1.35 bits per heavy atom. The maximum atomic E-state index is 5.87. The van der Waals surface area contributed by atoms with Crippen LogP contribution < -0.4 is 5.32 Å². The SMILES string of the molecule is CCC(NCc1cnco1)c1ccc(Cl)cc1. The summed E-state index contributed by atoms with van der Waals surface area (Å²) in [5.74, 6) is 0.845. The summed E-state index contributed by atoms with van der Waals surface area (Å²) in [5.41, 5.74) is 1.23. The zero-order valence-electron chi connectivity index (χ0n) is 9.69. The van der Waals surface area contributed by atoms with Gasteiger partial charge in [-0.15, -0.1) is 0 Å². The Morgan fingerprint density at radius 3 is 2.71 bits per heavy atom. The first-order valence-corrected chi connectivity index (χ1v) is 6.03. The minimum atomic E-state index is 0.303. The number of hydrogen-bond donors (Lipinski definition) is 1. The van der Waals surface area contributed by atoms with Crippen molar-refractivity contribution in [3.63, 3.8) is 0 Å². The molecule has 0 fully saturated rings. The van der Waals surface area contributed by atoms with Gasteiger partial charge in [-0.25, -0.2) is 4.98 Å². The van der Waals surface area contributed by atoms with Crippen LogP contribution in [-0.2, 0) is 6.54 Å². The van der Waals surface area contributed by atoms with E-state index in [1.807, 2.05) is 24.3 Å². The summed E-state index contributed by atoms with van der Waals surface area (Å²) in [6, 6.07) is 8.22. The predicted octanol–water partition coefficient (Wildman–Crippen LogP) is 3.57. The van der Waals surface area contributed by atoms with Gasteiger partial charge in [-0.2, -0.15) is 0 Å². The highest BCUT2D eigenvalue weighted by molar-refractivity contribution is 6.30. The first-order chi connectivity index (χ1) is 8.29. The molecule has 0 saturated carbocycles. The van der Waals surface area contributed by atoms with Crippen LogP contribution in [0.1, 0.15) is 30.7 Å². The smallest absolute Gasteiger partial charge is 0.180 e. The molecule has 1 unspecified atom stereocenters. The molecule has 1 atom stereocenters. The van der Waals surface area contributed by atoms with Crippen LogP contribution in [0.5, 0.6) is 0 Å². The lowest BCUT2D eigenvalue weighted by Gasteiger charge is -2.16. The third-order valence-corrected chi connectivity index (χ3v) is 2.94. The number of hydrogen-bond acceptors (Lipinski definition) is 3. The lowest BCUT2D eigenvalue weighted by Crippen LogP contribution is -2.19. The summed E-state index contributed by atoms with van der Waals surface area (Å²) >= 11 is 5.87. The summed E-state index contributed by atoms with van der Waals surface area (Å²) in [6.45, 7) is 2.83. The van der Waals surface area contributed by atoms with E-state index in [2.05, 4.69) is 17.2 Å². The second-order valence-corrected chi connectivity index (χ2v) is 4.30. The van der Waals surface area contributed by atoms with Crippen LogP contribution in [0.15, 0.2) is 41.3 Å². The minimum Gasteiger partial charge on any atom is -0.447 e. The van der Waals surface area contributed by atoms with Gasteiger partial charge in [-0.05, 0) is 24.1 Å². The van der Waals surface area contributed by atoms with E-state index >= 15 is 0 Å². The van der Waals surface area contributed by atoms with Gasteiger partial charge in [0, 0.05) is 11.1 Å². The van der Waals surface area contributed by atoms with Gasteiger partial charge in [0.1, 0.15) is 5.76 Å². The van der Waals surface area contributed by atoms with E-state index in [-0.39, 0.29) is 0 Å². The molecule has 0 aliphatic heterocycles. The topological polar surface area (TPSA) is 38.1 Å². The summed E-state index contributed by atoms with van der Waals surface area (Å²) in [4.78, 5) is 3.89. The summed E-state index contributed by atoms with van der Waals surface area (Å²) in [5, 5.41) is 4.19. The zero-order chi connectivity index (χ0) is 12.1. The Labute approximate surface area is 106 Å². The molecule has 0 spiro atoms. The molecular formula is C13H15ClN2O. The first-order valence-electron chi connectivity index (χ1n) is 5.66. The van der Waals surface area contributed by atoms with E-state index in [1.165, 1.54) is 12.0 Å². The molecule has 1 heterocycles. The molecular weight excluding hydrogens is 236 g/mol. The second-order valence-electron chi connectivity index (χ2n) is 3.86. The number of aromatic nitrogens is 1. The van der Waals surface area contributed by atoms with Crippen molar-refractivity contribution in [1.29, 1.82) is 0 Å². The summed E-state index contributed by atoms with van der Waals surface area (Å²) in [7, 11) is 0. The molecule has 0 radical (unpaired) electrons. The monoisotopic (exact) mass is 250 g/mol. The molecule has 0 aliphatic carbocycles.